The molecule has 0 atom stereocenters. The molecule has 0 saturated heterocycles. The molecule has 5 nitrogen and oxygen atoms in total. The Kier molecular flexibility index (Phi) is 6.43. The Morgan fingerprint density at radius 1 is 0.862 bits per heavy atom. The van der Waals surface area contributed by atoms with E-state index in [1.807, 2.05) is 30.3 Å². The third kappa shape index (κ3) is 5.81. The van der Waals surface area contributed by atoms with Crippen LogP contribution in [-0.2, 0) is 11.3 Å². The second-order valence-corrected chi connectivity index (χ2v) is 6.44. The molecule has 146 valence electrons. The van der Waals surface area contributed by atoms with Gasteiger partial charge in [-0.1, -0.05) is 43.0 Å². The highest BCUT2D eigenvalue weighted by molar-refractivity contribution is 5.92. The largest absolute Gasteiger partial charge is 0.457 e. The van der Waals surface area contributed by atoms with Gasteiger partial charge in [0.2, 0.25) is 5.91 Å². The molecule has 0 unspecified atom stereocenters. The summed E-state index contributed by atoms with van der Waals surface area (Å²) < 4.78 is 11.2. The van der Waals surface area contributed by atoms with Crippen LogP contribution in [0.4, 0.5) is 0 Å². The first-order valence-corrected chi connectivity index (χ1v) is 9.09. The Bertz CT molecular complexity index is 1010. The van der Waals surface area contributed by atoms with E-state index in [2.05, 4.69) is 11.9 Å². The van der Waals surface area contributed by atoms with Crippen molar-refractivity contribution in [3.63, 3.8) is 0 Å². The molecule has 3 aromatic rings. The number of esters is 1. The summed E-state index contributed by atoms with van der Waals surface area (Å²) in [5, 5.41) is 2.75. The van der Waals surface area contributed by atoms with Crippen molar-refractivity contribution in [1.29, 1.82) is 0 Å². The molecule has 0 radical (unpaired) electrons. The van der Waals surface area contributed by atoms with Gasteiger partial charge in [-0.05, 0) is 55.0 Å². The van der Waals surface area contributed by atoms with Crippen LogP contribution in [0, 0.1) is 0 Å². The molecule has 3 aromatic carbocycles. The topological polar surface area (TPSA) is 64.6 Å². The van der Waals surface area contributed by atoms with Gasteiger partial charge in [0.25, 0.3) is 0 Å². The maximum Gasteiger partial charge on any atom is 0.343 e. The molecular weight excluding hydrogens is 366 g/mol. The van der Waals surface area contributed by atoms with E-state index in [4.69, 9.17) is 9.47 Å². The van der Waals surface area contributed by atoms with E-state index >= 15 is 0 Å². The first kappa shape index (κ1) is 19.9. The lowest BCUT2D eigenvalue weighted by molar-refractivity contribution is -0.117. The summed E-state index contributed by atoms with van der Waals surface area (Å²) in [6.45, 7) is 5.62. The van der Waals surface area contributed by atoms with Crippen LogP contribution < -0.4 is 14.8 Å². The first-order valence-electron chi connectivity index (χ1n) is 9.09. The Balaban J connectivity index is 1.60. The molecule has 0 spiro atoms. The fourth-order valence-electron chi connectivity index (χ4n) is 2.49. The van der Waals surface area contributed by atoms with Gasteiger partial charge in [0, 0.05) is 12.1 Å². The van der Waals surface area contributed by atoms with E-state index in [1.54, 1.807) is 55.5 Å². The van der Waals surface area contributed by atoms with E-state index in [9.17, 15) is 9.59 Å². The molecule has 5 heteroatoms. The van der Waals surface area contributed by atoms with Crippen molar-refractivity contribution in [2.45, 2.75) is 13.5 Å². The monoisotopic (exact) mass is 387 g/mol. The molecule has 0 aliphatic heterocycles. The quantitative estimate of drug-likeness (QED) is 0.356. The second kappa shape index (κ2) is 9.37. The van der Waals surface area contributed by atoms with Crippen LogP contribution in [0.25, 0.3) is 0 Å². The highest BCUT2D eigenvalue weighted by atomic mass is 16.5. The van der Waals surface area contributed by atoms with Crippen LogP contribution in [0.15, 0.2) is 91.0 Å². The SMILES string of the molecule is C=C(C)C(=O)NCc1ccc(OC(=O)c2cccc(Oc3ccccc3)c2)cc1. The van der Waals surface area contributed by atoms with Crippen LogP contribution in [0.2, 0.25) is 0 Å². The van der Waals surface area contributed by atoms with E-state index in [-0.39, 0.29) is 5.91 Å². The van der Waals surface area contributed by atoms with Crippen molar-refractivity contribution >= 4 is 11.9 Å². The fourth-order valence-corrected chi connectivity index (χ4v) is 2.49. The minimum absolute atomic E-state index is 0.196. The Morgan fingerprint density at radius 3 is 2.24 bits per heavy atom. The zero-order valence-electron chi connectivity index (χ0n) is 16.1. The van der Waals surface area contributed by atoms with E-state index < -0.39 is 5.97 Å². The number of carbonyl (C=O) groups excluding carboxylic acids is 2. The third-order valence-corrected chi connectivity index (χ3v) is 4.02. The number of rotatable bonds is 7. The summed E-state index contributed by atoms with van der Waals surface area (Å²) in [6, 6.07) is 23.1. The summed E-state index contributed by atoms with van der Waals surface area (Å²) in [4.78, 5) is 24.0. The van der Waals surface area contributed by atoms with Gasteiger partial charge in [0.05, 0.1) is 5.56 Å². The van der Waals surface area contributed by atoms with Gasteiger partial charge in [-0.2, -0.15) is 0 Å². The number of amides is 1. The normalized spacial score (nSPS) is 10.1. The van der Waals surface area contributed by atoms with Crippen molar-refractivity contribution in [2.24, 2.45) is 0 Å². The number of nitrogens with one attached hydrogen (secondary N) is 1. The maximum atomic E-state index is 12.4. The average Bonchev–Trinajstić information content (AvgIpc) is 2.74. The van der Waals surface area contributed by atoms with Crippen LogP contribution in [0.5, 0.6) is 17.2 Å². The molecule has 0 heterocycles. The van der Waals surface area contributed by atoms with Crippen LogP contribution in [-0.4, -0.2) is 11.9 Å². The number of carbonyl (C=O) groups is 2. The maximum absolute atomic E-state index is 12.4. The van der Waals surface area contributed by atoms with Crippen molar-refractivity contribution in [3.05, 3.63) is 102 Å². The van der Waals surface area contributed by atoms with Gasteiger partial charge in [-0.25, -0.2) is 4.79 Å². The predicted molar refractivity (Wildman–Crippen MR) is 111 cm³/mol. The summed E-state index contributed by atoms with van der Waals surface area (Å²) in [5.74, 6) is 0.978. The second-order valence-electron chi connectivity index (χ2n) is 6.44. The zero-order chi connectivity index (χ0) is 20.6. The van der Waals surface area contributed by atoms with Crippen LogP contribution in [0.3, 0.4) is 0 Å². The molecule has 3 rings (SSSR count). The lowest BCUT2D eigenvalue weighted by atomic mass is 10.2. The molecule has 0 aliphatic rings. The lowest BCUT2D eigenvalue weighted by Gasteiger charge is -2.09. The fraction of sp³-hybridized carbons (Fsp3) is 0.0833. The number of hydrogen-bond acceptors (Lipinski definition) is 4. The van der Waals surface area contributed by atoms with E-state index in [0.29, 0.717) is 34.9 Å². The molecular formula is C24H21NO4. The average molecular weight is 387 g/mol. The Labute approximate surface area is 169 Å². The number of benzene rings is 3. The molecule has 0 aromatic heterocycles. The molecule has 1 amide bonds. The minimum Gasteiger partial charge on any atom is -0.457 e. The van der Waals surface area contributed by atoms with Crippen molar-refractivity contribution in [3.8, 4) is 17.2 Å². The lowest BCUT2D eigenvalue weighted by Crippen LogP contribution is -2.22. The van der Waals surface area contributed by atoms with E-state index in [0.717, 1.165) is 5.56 Å². The first-order chi connectivity index (χ1) is 14.0. The van der Waals surface area contributed by atoms with E-state index in [1.165, 1.54) is 0 Å². The highest BCUT2D eigenvalue weighted by Gasteiger charge is 2.10. The standard InChI is InChI=1S/C24H21NO4/c1-17(2)23(26)25-16-18-11-13-21(14-12-18)29-24(27)19-7-6-10-22(15-19)28-20-8-4-3-5-9-20/h3-15H,1,16H2,2H3,(H,25,26). The molecule has 0 fully saturated rings. The molecule has 1 N–H and O–H groups in total. The molecule has 0 saturated carbocycles. The zero-order valence-corrected chi connectivity index (χ0v) is 16.1. The van der Waals surface area contributed by atoms with Gasteiger partial charge in [0.15, 0.2) is 0 Å². The summed E-state index contributed by atoms with van der Waals surface area (Å²) in [5.41, 5.74) is 1.72. The Morgan fingerprint density at radius 2 is 1.55 bits per heavy atom. The van der Waals surface area contributed by atoms with Gasteiger partial charge in [0.1, 0.15) is 17.2 Å². The number of ether oxygens (including phenoxy) is 2. The van der Waals surface area contributed by atoms with Crippen molar-refractivity contribution < 1.29 is 19.1 Å². The Hall–Kier alpha value is -3.86. The summed E-state index contributed by atoms with van der Waals surface area (Å²) >= 11 is 0. The van der Waals surface area contributed by atoms with Crippen molar-refractivity contribution in [1.82, 2.24) is 5.32 Å². The number of para-hydroxylation sites is 1. The van der Waals surface area contributed by atoms with Gasteiger partial charge >= 0.3 is 5.97 Å². The number of hydrogen-bond donors (Lipinski definition) is 1. The molecule has 0 bridgehead atoms. The molecule has 0 aliphatic carbocycles. The smallest absolute Gasteiger partial charge is 0.343 e. The summed E-state index contributed by atoms with van der Waals surface area (Å²) in [7, 11) is 0. The predicted octanol–water partition coefficient (Wildman–Crippen LogP) is 4.89. The van der Waals surface area contributed by atoms with Crippen LogP contribution in [0.1, 0.15) is 22.8 Å². The van der Waals surface area contributed by atoms with Crippen molar-refractivity contribution in [2.75, 3.05) is 0 Å². The highest BCUT2D eigenvalue weighted by Crippen LogP contribution is 2.23. The summed E-state index contributed by atoms with van der Waals surface area (Å²) in [6.07, 6.45) is 0. The van der Waals surface area contributed by atoms with Crippen LogP contribution >= 0.6 is 0 Å². The molecule has 29 heavy (non-hydrogen) atoms. The third-order valence-electron chi connectivity index (χ3n) is 4.02. The van der Waals surface area contributed by atoms with Gasteiger partial charge < -0.3 is 14.8 Å². The van der Waals surface area contributed by atoms with Gasteiger partial charge in [-0.3, -0.25) is 4.79 Å². The minimum atomic E-state index is -0.480. The van der Waals surface area contributed by atoms with Gasteiger partial charge in [-0.15, -0.1) is 0 Å².